The zero-order valence-corrected chi connectivity index (χ0v) is 30.4. The fourth-order valence-corrected chi connectivity index (χ4v) is 8.45. The molecular weight excluding hydrogens is 679 g/mol. The van der Waals surface area contributed by atoms with Crippen LogP contribution in [-0.4, -0.2) is 15.0 Å². The van der Waals surface area contributed by atoms with Gasteiger partial charge in [-0.25, -0.2) is 9.97 Å². The summed E-state index contributed by atoms with van der Waals surface area (Å²) in [4.78, 5) is 14.8. The van der Waals surface area contributed by atoms with E-state index in [9.17, 15) is 0 Å². The second-order valence-corrected chi connectivity index (χ2v) is 14.4. The molecule has 56 heavy (non-hydrogen) atoms. The molecule has 0 saturated carbocycles. The van der Waals surface area contributed by atoms with E-state index in [1.807, 2.05) is 18.5 Å². The summed E-state index contributed by atoms with van der Waals surface area (Å²) in [5.41, 5.74) is 9.40. The van der Waals surface area contributed by atoms with Crippen molar-refractivity contribution in [1.82, 2.24) is 15.0 Å². The van der Waals surface area contributed by atoms with E-state index in [4.69, 9.17) is 9.97 Å². The van der Waals surface area contributed by atoms with Crippen LogP contribution in [0.2, 0.25) is 0 Å². The summed E-state index contributed by atoms with van der Waals surface area (Å²) >= 11 is 0. The zero-order chi connectivity index (χ0) is 37.0. The third-order valence-electron chi connectivity index (χ3n) is 11.2. The molecule has 3 heteroatoms. The molecular formula is C53H33N3. The molecule has 0 aliphatic rings. The van der Waals surface area contributed by atoms with Gasteiger partial charge in [0.05, 0.1) is 11.4 Å². The summed E-state index contributed by atoms with van der Waals surface area (Å²) in [5.74, 6) is 0.691. The first kappa shape index (κ1) is 32.0. The number of pyridine rings is 1. The molecule has 0 atom stereocenters. The van der Waals surface area contributed by atoms with Crippen molar-refractivity contribution in [2.24, 2.45) is 0 Å². The molecule has 9 aromatic carbocycles. The number of aromatic nitrogens is 3. The van der Waals surface area contributed by atoms with Gasteiger partial charge in [-0.15, -0.1) is 0 Å². The molecule has 0 bridgehead atoms. The predicted molar refractivity (Wildman–Crippen MR) is 235 cm³/mol. The van der Waals surface area contributed by atoms with Crippen LogP contribution >= 0.6 is 0 Å². The molecule has 260 valence electrons. The van der Waals surface area contributed by atoms with E-state index in [1.54, 1.807) is 0 Å². The van der Waals surface area contributed by atoms with Crippen molar-refractivity contribution in [3.05, 3.63) is 200 Å². The Kier molecular flexibility index (Phi) is 7.49. The second-order valence-electron chi connectivity index (χ2n) is 14.4. The predicted octanol–water partition coefficient (Wildman–Crippen LogP) is 14.0. The van der Waals surface area contributed by atoms with Gasteiger partial charge in [0.25, 0.3) is 0 Å². The van der Waals surface area contributed by atoms with Crippen LogP contribution in [-0.2, 0) is 0 Å². The van der Waals surface area contributed by atoms with Crippen LogP contribution in [0.15, 0.2) is 200 Å². The molecule has 0 unspecified atom stereocenters. The molecule has 0 fully saturated rings. The number of nitrogens with zero attached hydrogens (tertiary/aromatic N) is 3. The first-order valence-corrected chi connectivity index (χ1v) is 19.0. The summed E-state index contributed by atoms with van der Waals surface area (Å²) in [7, 11) is 0. The Morgan fingerprint density at radius 1 is 0.286 bits per heavy atom. The number of fused-ring (bicyclic) bond motifs is 9. The summed E-state index contributed by atoms with van der Waals surface area (Å²) in [5, 5.41) is 12.5. The molecule has 11 rings (SSSR count). The van der Waals surface area contributed by atoms with Crippen molar-refractivity contribution >= 4 is 53.9 Å². The Balaban J connectivity index is 1.03. The topological polar surface area (TPSA) is 38.7 Å². The summed E-state index contributed by atoms with van der Waals surface area (Å²) in [6, 6.07) is 67.0. The highest BCUT2D eigenvalue weighted by atomic mass is 14.9. The zero-order valence-electron chi connectivity index (χ0n) is 30.4. The maximum atomic E-state index is 5.18. The lowest BCUT2D eigenvalue weighted by Crippen LogP contribution is -1.96. The van der Waals surface area contributed by atoms with Crippen LogP contribution in [0, 0.1) is 0 Å². The molecule has 0 N–H and O–H groups in total. The minimum Gasteiger partial charge on any atom is -0.263 e. The van der Waals surface area contributed by atoms with Crippen LogP contribution in [0.3, 0.4) is 0 Å². The van der Waals surface area contributed by atoms with E-state index < -0.39 is 0 Å². The lowest BCUT2D eigenvalue weighted by molar-refractivity contribution is 1.18. The van der Waals surface area contributed by atoms with Gasteiger partial charge < -0.3 is 0 Å². The quantitative estimate of drug-likeness (QED) is 0.167. The molecule has 11 aromatic rings. The van der Waals surface area contributed by atoms with Crippen molar-refractivity contribution in [1.29, 1.82) is 0 Å². The molecule has 3 nitrogen and oxygen atoms in total. The Hall–Kier alpha value is -7.49. The molecule has 0 radical (unpaired) electrons. The Morgan fingerprint density at radius 3 is 1.43 bits per heavy atom. The monoisotopic (exact) mass is 711 g/mol. The number of rotatable bonds is 5. The maximum Gasteiger partial charge on any atom is 0.160 e. The van der Waals surface area contributed by atoms with Crippen molar-refractivity contribution in [2.75, 3.05) is 0 Å². The van der Waals surface area contributed by atoms with E-state index in [0.717, 1.165) is 50.2 Å². The largest absolute Gasteiger partial charge is 0.263 e. The van der Waals surface area contributed by atoms with E-state index in [-0.39, 0.29) is 0 Å². The SMILES string of the molecule is c1ccc(-c2cc(-c3ccc(-c4cncc5ccccc45)cc3)nc(-c3ccc(-c4cc5c6ccccc6c6ccccc6c5c5ccccc45)cc3)n2)cc1. The third-order valence-corrected chi connectivity index (χ3v) is 11.2. The van der Waals surface area contributed by atoms with Crippen LogP contribution in [0.5, 0.6) is 0 Å². The van der Waals surface area contributed by atoms with Gasteiger partial charge in [-0.05, 0) is 77.3 Å². The highest BCUT2D eigenvalue weighted by Crippen LogP contribution is 2.43. The van der Waals surface area contributed by atoms with Crippen molar-refractivity contribution < 1.29 is 0 Å². The van der Waals surface area contributed by atoms with Gasteiger partial charge in [0, 0.05) is 40.0 Å². The highest BCUT2D eigenvalue weighted by molar-refractivity contribution is 6.33. The maximum absolute atomic E-state index is 5.18. The Bertz CT molecular complexity index is 3270. The minimum atomic E-state index is 0.691. The van der Waals surface area contributed by atoms with Crippen LogP contribution < -0.4 is 0 Å². The number of hydrogen-bond donors (Lipinski definition) is 0. The average Bonchev–Trinajstić information content (AvgIpc) is 3.29. The van der Waals surface area contributed by atoms with Crippen LogP contribution in [0.1, 0.15) is 0 Å². The molecule has 0 saturated heterocycles. The molecule has 2 heterocycles. The lowest BCUT2D eigenvalue weighted by atomic mass is 9.87. The normalized spacial score (nSPS) is 11.6. The summed E-state index contributed by atoms with van der Waals surface area (Å²) in [6.45, 7) is 0. The van der Waals surface area contributed by atoms with Gasteiger partial charge in [-0.1, -0.05) is 176 Å². The summed E-state index contributed by atoms with van der Waals surface area (Å²) in [6.07, 6.45) is 3.86. The molecule has 0 amide bonds. The minimum absolute atomic E-state index is 0.691. The summed E-state index contributed by atoms with van der Waals surface area (Å²) < 4.78 is 0. The standard InChI is InChI=1S/C53H33N3/c1-2-12-36(13-3-1)50-31-51(37-26-22-35(23-27-37)49-33-54-32-39-14-4-5-15-40(39)49)56-53(55-50)38-28-24-34(25-29-38)47-30-48-43-18-7-6-16-41(43)42-17-8-10-20-45(42)52(48)46-21-11-9-19-44(46)47/h1-33H. The molecule has 0 aliphatic carbocycles. The second kappa shape index (κ2) is 13.1. The van der Waals surface area contributed by atoms with Gasteiger partial charge in [0.1, 0.15) is 0 Å². The molecule has 2 aromatic heterocycles. The molecule has 0 spiro atoms. The first-order chi connectivity index (χ1) is 27.8. The van der Waals surface area contributed by atoms with Gasteiger partial charge in [-0.2, -0.15) is 0 Å². The van der Waals surface area contributed by atoms with Gasteiger partial charge >= 0.3 is 0 Å². The number of hydrogen-bond acceptors (Lipinski definition) is 3. The van der Waals surface area contributed by atoms with Crippen molar-refractivity contribution in [3.63, 3.8) is 0 Å². The lowest BCUT2D eigenvalue weighted by Gasteiger charge is -2.16. The Labute approximate surface area is 324 Å². The number of benzene rings is 9. The smallest absolute Gasteiger partial charge is 0.160 e. The highest BCUT2D eigenvalue weighted by Gasteiger charge is 2.16. The fourth-order valence-electron chi connectivity index (χ4n) is 8.45. The van der Waals surface area contributed by atoms with E-state index >= 15 is 0 Å². The van der Waals surface area contributed by atoms with Gasteiger partial charge in [-0.3, -0.25) is 4.98 Å². The van der Waals surface area contributed by atoms with Crippen LogP contribution in [0.25, 0.3) is 110 Å². The van der Waals surface area contributed by atoms with E-state index in [0.29, 0.717) is 5.82 Å². The van der Waals surface area contributed by atoms with E-state index in [1.165, 1.54) is 54.0 Å². The fraction of sp³-hybridized carbons (Fsp3) is 0. The molecule has 0 aliphatic heterocycles. The van der Waals surface area contributed by atoms with Crippen LogP contribution in [0.4, 0.5) is 0 Å². The first-order valence-electron chi connectivity index (χ1n) is 19.0. The van der Waals surface area contributed by atoms with E-state index in [2.05, 4.69) is 187 Å². The third kappa shape index (κ3) is 5.32. The average molecular weight is 712 g/mol. The van der Waals surface area contributed by atoms with Gasteiger partial charge in [0.2, 0.25) is 0 Å². The van der Waals surface area contributed by atoms with Crippen molar-refractivity contribution in [2.45, 2.75) is 0 Å². The van der Waals surface area contributed by atoms with Crippen molar-refractivity contribution in [3.8, 4) is 56.2 Å². The Morgan fingerprint density at radius 2 is 0.750 bits per heavy atom. The van der Waals surface area contributed by atoms with Gasteiger partial charge in [0.15, 0.2) is 5.82 Å².